The average Bonchev–Trinajstić information content (AvgIpc) is 2.93. The molecule has 2 aromatic rings. The standard InChI is InChI=1S/C19H18FN/c20-18-10-9-14-5-1-3-7-16(14)17(18)13-21-12-11-15-6-2-4-8-19(15)21/h1-8H,9-13H2. The highest BCUT2D eigenvalue weighted by atomic mass is 19.1. The number of hydrogen-bond acceptors (Lipinski definition) is 1. The lowest BCUT2D eigenvalue weighted by molar-refractivity contribution is 0.582. The molecule has 0 saturated heterocycles. The van der Waals surface area contributed by atoms with E-state index in [1.54, 1.807) is 0 Å². The number of halogens is 1. The van der Waals surface area contributed by atoms with Gasteiger partial charge in [-0.3, -0.25) is 0 Å². The molecule has 1 heterocycles. The van der Waals surface area contributed by atoms with Crippen molar-refractivity contribution in [2.45, 2.75) is 19.3 Å². The lowest BCUT2D eigenvalue weighted by atomic mass is 9.90. The van der Waals surface area contributed by atoms with E-state index in [1.807, 2.05) is 12.1 Å². The fourth-order valence-corrected chi connectivity index (χ4v) is 3.51. The fraction of sp³-hybridized carbons (Fsp3) is 0.263. The molecule has 0 N–H and O–H groups in total. The Morgan fingerprint density at radius 2 is 1.62 bits per heavy atom. The second kappa shape index (κ2) is 5.03. The van der Waals surface area contributed by atoms with Gasteiger partial charge in [-0.05, 0) is 35.6 Å². The third-order valence-corrected chi connectivity index (χ3v) is 4.62. The predicted octanol–water partition coefficient (Wildman–Crippen LogP) is 4.38. The summed E-state index contributed by atoms with van der Waals surface area (Å²) in [7, 11) is 0. The Morgan fingerprint density at radius 1 is 0.857 bits per heavy atom. The first-order valence-corrected chi connectivity index (χ1v) is 7.61. The van der Waals surface area contributed by atoms with E-state index < -0.39 is 0 Å². The van der Waals surface area contributed by atoms with E-state index in [0.717, 1.165) is 30.5 Å². The Hall–Kier alpha value is -2.09. The number of allylic oxidation sites excluding steroid dienone is 1. The van der Waals surface area contributed by atoms with E-state index in [2.05, 4.69) is 41.3 Å². The van der Waals surface area contributed by atoms with Crippen LogP contribution in [-0.2, 0) is 12.8 Å². The molecule has 2 aromatic carbocycles. The summed E-state index contributed by atoms with van der Waals surface area (Å²) in [5, 5.41) is 0. The molecule has 0 unspecified atom stereocenters. The Bertz CT molecular complexity index is 717. The van der Waals surface area contributed by atoms with Gasteiger partial charge in [0.2, 0.25) is 0 Å². The van der Waals surface area contributed by atoms with Crippen molar-refractivity contribution in [3.63, 3.8) is 0 Å². The van der Waals surface area contributed by atoms with Crippen LogP contribution in [0.15, 0.2) is 54.4 Å². The van der Waals surface area contributed by atoms with Crippen LogP contribution in [0.3, 0.4) is 0 Å². The first-order valence-electron chi connectivity index (χ1n) is 7.61. The molecule has 0 radical (unpaired) electrons. The van der Waals surface area contributed by atoms with Crippen LogP contribution in [0.25, 0.3) is 5.57 Å². The Labute approximate surface area is 124 Å². The zero-order valence-electron chi connectivity index (χ0n) is 12.0. The summed E-state index contributed by atoms with van der Waals surface area (Å²) in [6.45, 7) is 1.66. The monoisotopic (exact) mass is 279 g/mol. The van der Waals surface area contributed by atoms with Gasteiger partial charge in [0.1, 0.15) is 5.83 Å². The van der Waals surface area contributed by atoms with E-state index in [9.17, 15) is 4.39 Å². The number of benzene rings is 2. The van der Waals surface area contributed by atoms with Gasteiger partial charge in [0.25, 0.3) is 0 Å². The fourth-order valence-electron chi connectivity index (χ4n) is 3.51. The third kappa shape index (κ3) is 2.15. The molecule has 2 heteroatoms. The van der Waals surface area contributed by atoms with Crippen LogP contribution in [0.4, 0.5) is 10.1 Å². The van der Waals surface area contributed by atoms with Crippen molar-refractivity contribution in [2.24, 2.45) is 0 Å². The molecule has 21 heavy (non-hydrogen) atoms. The molecule has 0 spiro atoms. The van der Waals surface area contributed by atoms with Crippen molar-refractivity contribution in [1.82, 2.24) is 0 Å². The van der Waals surface area contributed by atoms with Crippen LogP contribution in [0.5, 0.6) is 0 Å². The van der Waals surface area contributed by atoms with Gasteiger partial charge in [-0.2, -0.15) is 0 Å². The molecule has 2 aliphatic rings. The molecule has 1 aliphatic heterocycles. The highest BCUT2D eigenvalue weighted by Crippen LogP contribution is 2.35. The first kappa shape index (κ1) is 12.6. The molecule has 1 aliphatic carbocycles. The smallest absolute Gasteiger partial charge is 0.106 e. The minimum absolute atomic E-state index is 0.0677. The molecule has 4 rings (SSSR count). The Balaban J connectivity index is 1.69. The molecular weight excluding hydrogens is 261 g/mol. The van der Waals surface area contributed by atoms with Crippen LogP contribution in [-0.4, -0.2) is 13.1 Å². The Kier molecular flexibility index (Phi) is 3.03. The first-order chi connectivity index (χ1) is 10.3. The number of para-hydroxylation sites is 1. The van der Waals surface area contributed by atoms with Gasteiger partial charge >= 0.3 is 0 Å². The van der Waals surface area contributed by atoms with Gasteiger partial charge in [-0.1, -0.05) is 42.5 Å². The molecular formula is C19H18FN. The van der Waals surface area contributed by atoms with Crippen LogP contribution in [0, 0.1) is 0 Å². The maximum atomic E-state index is 14.4. The van der Waals surface area contributed by atoms with E-state index >= 15 is 0 Å². The number of fused-ring (bicyclic) bond motifs is 2. The van der Waals surface area contributed by atoms with Crippen LogP contribution < -0.4 is 4.90 Å². The minimum Gasteiger partial charge on any atom is -0.367 e. The summed E-state index contributed by atoms with van der Waals surface area (Å²) in [4.78, 5) is 2.31. The lowest BCUT2D eigenvalue weighted by Gasteiger charge is -2.25. The average molecular weight is 279 g/mol. The van der Waals surface area contributed by atoms with Crippen molar-refractivity contribution >= 4 is 11.3 Å². The van der Waals surface area contributed by atoms with Gasteiger partial charge in [0.15, 0.2) is 0 Å². The third-order valence-electron chi connectivity index (χ3n) is 4.62. The zero-order valence-corrected chi connectivity index (χ0v) is 12.0. The molecule has 0 bridgehead atoms. The van der Waals surface area contributed by atoms with Gasteiger partial charge in [-0.15, -0.1) is 0 Å². The maximum Gasteiger partial charge on any atom is 0.106 e. The highest BCUT2D eigenvalue weighted by molar-refractivity contribution is 5.76. The van der Waals surface area contributed by atoms with Crippen LogP contribution >= 0.6 is 0 Å². The minimum atomic E-state index is 0.0677. The van der Waals surface area contributed by atoms with Crippen molar-refractivity contribution in [2.75, 3.05) is 18.0 Å². The van der Waals surface area contributed by atoms with E-state index in [1.165, 1.54) is 16.8 Å². The molecule has 106 valence electrons. The summed E-state index contributed by atoms with van der Waals surface area (Å²) in [5.41, 5.74) is 5.91. The molecule has 0 saturated carbocycles. The van der Waals surface area contributed by atoms with Crippen molar-refractivity contribution in [1.29, 1.82) is 0 Å². The second-order valence-electron chi connectivity index (χ2n) is 5.84. The maximum absolute atomic E-state index is 14.4. The van der Waals surface area contributed by atoms with E-state index in [-0.39, 0.29) is 5.83 Å². The number of aryl methyl sites for hydroxylation is 1. The predicted molar refractivity (Wildman–Crippen MR) is 85.2 cm³/mol. The Morgan fingerprint density at radius 3 is 2.52 bits per heavy atom. The SMILES string of the molecule is FC1=C(CN2CCc3ccccc32)c2ccccc2CC1. The lowest BCUT2D eigenvalue weighted by Crippen LogP contribution is -2.24. The number of hydrogen-bond donors (Lipinski definition) is 0. The summed E-state index contributed by atoms with van der Waals surface area (Å²) in [5.74, 6) is 0.0677. The van der Waals surface area contributed by atoms with Crippen molar-refractivity contribution in [3.05, 3.63) is 71.0 Å². The molecule has 0 aromatic heterocycles. The topological polar surface area (TPSA) is 3.24 Å². The van der Waals surface area contributed by atoms with Crippen molar-refractivity contribution in [3.8, 4) is 0 Å². The number of rotatable bonds is 2. The zero-order chi connectivity index (χ0) is 14.2. The second-order valence-corrected chi connectivity index (χ2v) is 5.84. The molecule has 0 amide bonds. The summed E-state index contributed by atoms with van der Waals surface area (Å²) in [6.07, 6.45) is 2.43. The quantitative estimate of drug-likeness (QED) is 0.788. The van der Waals surface area contributed by atoms with Gasteiger partial charge in [0, 0.05) is 30.8 Å². The highest BCUT2D eigenvalue weighted by Gasteiger charge is 2.24. The van der Waals surface area contributed by atoms with Crippen LogP contribution in [0.2, 0.25) is 0 Å². The summed E-state index contributed by atoms with van der Waals surface area (Å²) in [6, 6.07) is 16.7. The number of anilines is 1. The van der Waals surface area contributed by atoms with Gasteiger partial charge < -0.3 is 4.90 Å². The van der Waals surface area contributed by atoms with E-state index in [4.69, 9.17) is 0 Å². The summed E-state index contributed by atoms with van der Waals surface area (Å²) < 4.78 is 14.4. The number of nitrogens with zero attached hydrogens (tertiary/aromatic N) is 1. The van der Waals surface area contributed by atoms with Crippen molar-refractivity contribution < 1.29 is 4.39 Å². The summed E-state index contributed by atoms with van der Waals surface area (Å²) >= 11 is 0. The van der Waals surface area contributed by atoms with Gasteiger partial charge in [-0.25, -0.2) is 4.39 Å². The largest absolute Gasteiger partial charge is 0.367 e. The van der Waals surface area contributed by atoms with Crippen LogP contribution in [0.1, 0.15) is 23.1 Å². The molecule has 0 fully saturated rings. The normalized spacial score (nSPS) is 16.9. The molecule has 1 nitrogen and oxygen atoms in total. The molecule has 0 atom stereocenters. The van der Waals surface area contributed by atoms with Gasteiger partial charge in [0.05, 0.1) is 0 Å². The van der Waals surface area contributed by atoms with E-state index in [0.29, 0.717) is 13.0 Å².